The first kappa shape index (κ1) is 21.9. The highest BCUT2D eigenvalue weighted by atomic mass is 32.1. The molecule has 3 unspecified atom stereocenters. The summed E-state index contributed by atoms with van der Waals surface area (Å²) in [5.74, 6) is -3.63. The Morgan fingerprint density at radius 2 is 1.75 bits per heavy atom. The molecule has 9 nitrogen and oxygen atoms in total. The molecule has 0 aliphatic rings. The molecule has 0 aromatic heterocycles. The van der Waals surface area contributed by atoms with Crippen LogP contribution in [0.4, 0.5) is 0 Å². The van der Waals surface area contributed by atoms with Gasteiger partial charge in [0.1, 0.15) is 18.1 Å². The Morgan fingerprint density at radius 1 is 1.17 bits per heavy atom. The molecule has 0 fully saturated rings. The standard InChI is InChI=1S/C14H23N3O6S/c1-7(2)11(14(22)23)17-12(19)9(6-24)16-10(18)5-3-4-8(15)13(20)21/h8-9,11,24H,1,3-6,15H2,2H3,(H,16,18)(H,17,19)(H,20,21)(H,22,23). The number of carboxylic acids is 2. The van der Waals surface area contributed by atoms with Crippen molar-refractivity contribution in [2.75, 3.05) is 5.75 Å². The van der Waals surface area contributed by atoms with E-state index in [0.717, 1.165) is 0 Å². The molecule has 0 saturated carbocycles. The fraction of sp³-hybridized carbons (Fsp3) is 0.571. The molecule has 6 N–H and O–H groups in total. The summed E-state index contributed by atoms with van der Waals surface area (Å²) in [5.41, 5.74) is 5.56. The average molecular weight is 361 g/mol. The van der Waals surface area contributed by atoms with Crippen LogP contribution in [-0.2, 0) is 19.2 Å². The first-order valence-electron chi connectivity index (χ1n) is 7.17. The van der Waals surface area contributed by atoms with Crippen molar-refractivity contribution in [3.63, 3.8) is 0 Å². The largest absolute Gasteiger partial charge is 0.480 e. The first-order chi connectivity index (χ1) is 11.1. The van der Waals surface area contributed by atoms with Crippen molar-refractivity contribution in [3.05, 3.63) is 12.2 Å². The summed E-state index contributed by atoms with van der Waals surface area (Å²) in [5, 5.41) is 22.3. The molecule has 0 spiro atoms. The molecule has 0 aromatic carbocycles. The van der Waals surface area contributed by atoms with E-state index in [2.05, 4.69) is 29.8 Å². The van der Waals surface area contributed by atoms with Crippen molar-refractivity contribution in [1.29, 1.82) is 0 Å². The first-order valence-corrected chi connectivity index (χ1v) is 7.80. The normalized spacial score (nSPS) is 14.1. The van der Waals surface area contributed by atoms with Crippen LogP contribution in [0.2, 0.25) is 0 Å². The number of nitrogens with two attached hydrogens (primary N) is 1. The van der Waals surface area contributed by atoms with Crippen molar-refractivity contribution in [2.24, 2.45) is 5.73 Å². The minimum atomic E-state index is -1.26. The highest BCUT2D eigenvalue weighted by molar-refractivity contribution is 7.80. The van der Waals surface area contributed by atoms with Crippen LogP contribution in [0.5, 0.6) is 0 Å². The Labute approximate surface area is 145 Å². The van der Waals surface area contributed by atoms with Gasteiger partial charge in [-0.3, -0.25) is 14.4 Å². The van der Waals surface area contributed by atoms with Crippen LogP contribution in [0, 0.1) is 0 Å². The number of nitrogens with one attached hydrogen (secondary N) is 2. The second kappa shape index (κ2) is 10.7. The van der Waals surface area contributed by atoms with E-state index in [-0.39, 0.29) is 30.6 Å². The summed E-state index contributed by atoms with van der Waals surface area (Å²) in [6.07, 6.45) is 0.350. The lowest BCUT2D eigenvalue weighted by Gasteiger charge is -2.20. The zero-order chi connectivity index (χ0) is 18.9. The van der Waals surface area contributed by atoms with Gasteiger partial charge in [-0.1, -0.05) is 6.58 Å². The van der Waals surface area contributed by atoms with E-state index >= 15 is 0 Å². The van der Waals surface area contributed by atoms with Crippen LogP contribution in [0.15, 0.2) is 12.2 Å². The number of thiol groups is 1. The molecule has 3 atom stereocenters. The maximum Gasteiger partial charge on any atom is 0.330 e. The van der Waals surface area contributed by atoms with Gasteiger partial charge in [0.15, 0.2) is 0 Å². The second-order valence-electron chi connectivity index (χ2n) is 5.27. The van der Waals surface area contributed by atoms with Crippen molar-refractivity contribution in [2.45, 2.75) is 44.3 Å². The maximum atomic E-state index is 12.0. The highest BCUT2D eigenvalue weighted by Gasteiger charge is 2.26. The predicted octanol–water partition coefficient (Wildman–Crippen LogP) is -0.871. The van der Waals surface area contributed by atoms with Crippen LogP contribution in [-0.4, -0.2) is 57.8 Å². The third-order valence-corrected chi connectivity index (χ3v) is 3.46. The lowest BCUT2D eigenvalue weighted by Crippen LogP contribution is -2.52. The average Bonchev–Trinajstić information content (AvgIpc) is 2.48. The number of carbonyl (C=O) groups is 4. The SMILES string of the molecule is C=C(C)C(NC(=O)C(CS)NC(=O)CCCC(N)C(=O)O)C(=O)O. The summed E-state index contributed by atoms with van der Waals surface area (Å²) in [6, 6.07) is -3.32. The van der Waals surface area contributed by atoms with Gasteiger partial charge in [0.25, 0.3) is 0 Å². The molecule has 24 heavy (non-hydrogen) atoms. The topological polar surface area (TPSA) is 159 Å². The van der Waals surface area contributed by atoms with Gasteiger partial charge in [0, 0.05) is 12.2 Å². The van der Waals surface area contributed by atoms with Crippen molar-refractivity contribution in [1.82, 2.24) is 10.6 Å². The summed E-state index contributed by atoms with van der Waals surface area (Å²) in [6.45, 7) is 4.94. The minimum Gasteiger partial charge on any atom is -0.480 e. The van der Waals surface area contributed by atoms with E-state index < -0.39 is 41.9 Å². The quantitative estimate of drug-likeness (QED) is 0.206. The minimum absolute atomic E-state index is 0.0125. The molecule has 2 amide bonds. The second-order valence-corrected chi connectivity index (χ2v) is 5.63. The number of aliphatic carboxylic acids is 2. The Morgan fingerprint density at radius 3 is 2.17 bits per heavy atom. The van der Waals surface area contributed by atoms with E-state index in [4.69, 9.17) is 15.9 Å². The molecule has 0 aliphatic heterocycles. The number of hydrogen-bond acceptors (Lipinski definition) is 6. The Balaban J connectivity index is 4.50. The lowest BCUT2D eigenvalue weighted by atomic mass is 10.1. The third-order valence-electron chi connectivity index (χ3n) is 3.10. The Hall–Kier alpha value is -2.07. The van der Waals surface area contributed by atoms with Crippen LogP contribution in [0.3, 0.4) is 0 Å². The predicted molar refractivity (Wildman–Crippen MR) is 89.6 cm³/mol. The highest BCUT2D eigenvalue weighted by Crippen LogP contribution is 2.02. The summed E-state index contributed by atoms with van der Waals surface area (Å²) >= 11 is 3.96. The fourth-order valence-electron chi connectivity index (χ4n) is 1.71. The van der Waals surface area contributed by atoms with Crippen LogP contribution in [0.1, 0.15) is 26.2 Å². The number of amides is 2. The van der Waals surface area contributed by atoms with Crippen molar-refractivity contribution < 1.29 is 29.4 Å². The Bertz CT molecular complexity index is 497. The monoisotopic (exact) mass is 361 g/mol. The Kier molecular flexibility index (Phi) is 9.74. The lowest BCUT2D eigenvalue weighted by molar-refractivity contribution is -0.141. The van der Waals surface area contributed by atoms with Gasteiger partial charge >= 0.3 is 11.9 Å². The van der Waals surface area contributed by atoms with Gasteiger partial charge in [-0.15, -0.1) is 0 Å². The van der Waals surface area contributed by atoms with Gasteiger partial charge in [0.2, 0.25) is 11.8 Å². The number of carboxylic acid groups (broad SMARTS) is 2. The zero-order valence-electron chi connectivity index (χ0n) is 13.3. The molecule has 0 heterocycles. The number of carbonyl (C=O) groups excluding carboxylic acids is 2. The maximum absolute atomic E-state index is 12.0. The van der Waals surface area contributed by atoms with Crippen LogP contribution >= 0.6 is 12.6 Å². The van der Waals surface area contributed by atoms with E-state index in [9.17, 15) is 19.2 Å². The molecule has 0 radical (unpaired) electrons. The summed E-state index contributed by atoms with van der Waals surface area (Å²) < 4.78 is 0. The van der Waals surface area contributed by atoms with Gasteiger partial charge in [-0.25, -0.2) is 4.79 Å². The smallest absolute Gasteiger partial charge is 0.330 e. The molecule has 0 saturated heterocycles. The van der Waals surface area contributed by atoms with Gasteiger partial charge in [-0.05, 0) is 25.3 Å². The van der Waals surface area contributed by atoms with Crippen molar-refractivity contribution in [3.8, 4) is 0 Å². The molecule has 0 aliphatic carbocycles. The summed E-state index contributed by atoms with van der Waals surface area (Å²) in [4.78, 5) is 45.4. The molecular weight excluding hydrogens is 338 g/mol. The van der Waals surface area contributed by atoms with E-state index in [0.29, 0.717) is 0 Å². The molecule has 136 valence electrons. The molecular formula is C14H23N3O6S. The summed E-state index contributed by atoms with van der Waals surface area (Å²) in [7, 11) is 0. The van der Waals surface area contributed by atoms with E-state index in [1.807, 2.05) is 0 Å². The van der Waals surface area contributed by atoms with Gasteiger partial charge < -0.3 is 26.6 Å². The van der Waals surface area contributed by atoms with Crippen LogP contribution < -0.4 is 16.4 Å². The van der Waals surface area contributed by atoms with Crippen LogP contribution in [0.25, 0.3) is 0 Å². The fourth-order valence-corrected chi connectivity index (χ4v) is 1.96. The number of rotatable bonds is 11. The van der Waals surface area contributed by atoms with Gasteiger partial charge in [0.05, 0.1) is 0 Å². The molecule has 0 aromatic rings. The molecule has 10 heteroatoms. The molecule has 0 rings (SSSR count). The van der Waals surface area contributed by atoms with E-state index in [1.165, 1.54) is 6.92 Å². The zero-order valence-corrected chi connectivity index (χ0v) is 14.2. The number of hydrogen-bond donors (Lipinski definition) is 6. The van der Waals surface area contributed by atoms with Gasteiger partial charge in [-0.2, -0.15) is 12.6 Å². The third kappa shape index (κ3) is 7.97. The van der Waals surface area contributed by atoms with Crippen molar-refractivity contribution >= 4 is 36.4 Å². The van der Waals surface area contributed by atoms with E-state index in [1.54, 1.807) is 0 Å². The molecule has 0 bridgehead atoms.